The summed E-state index contributed by atoms with van der Waals surface area (Å²) in [5.74, 6) is -0.765. The number of hydrogen-bond donors (Lipinski definition) is 1. The van der Waals surface area contributed by atoms with Gasteiger partial charge in [-0.2, -0.15) is 0 Å². The van der Waals surface area contributed by atoms with Crippen LogP contribution in [0.15, 0.2) is 40.9 Å². The van der Waals surface area contributed by atoms with Gasteiger partial charge in [-0.05, 0) is 42.8 Å². The lowest BCUT2D eigenvalue weighted by Gasteiger charge is -2.18. The van der Waals surface area contributed by atoms with Crippen LogP contribution in [0.4, 0.5) is 11.4 Å². The molecule has 0 saturated carbocycles. The number of rotatable bonds is 3. The molecule has 1 atom stereocenters. The van der Waals surface area contributed by atoms with Gasteiger partial charge in [-0.15, -0.1) is 0 Å². The summed E-state index contributed by atoms with van der Waals surface area (Å²) in [5, 5.41) is 3.57. The summed E-state index contributed by atoms with van der Waals surface area (Å²) in [7, 11) is 0. The molecular weight excluding hydrogens is 427 g/mol. The average molecular weight is 442 g/mol. The van der Waals surface area contributed by atoms with Gasteiger partial charge in [-0.3, -0.25) is 9.59 Å². The fourth-order valence-electron chi connectivity index (χ4n) is 2.78. The van der Waals surface area contributed by atoms with Crippen molar-refractivity contribution in [1.29, 1.82) is 0 Å². The Morgan fingerprint density at radius 1 is 1.28 bits per heavy atom. The highest BCUT2D eigenvalue weighted by Gasteiger charge is 2.36. The van der Waals surface area contributed by atoms with Crippen molar-refractivity contribution in [3.8, 4) is 0 Å². The fourth-order valence-corrected chi connectivity index (χ4v) is 3.43. The molecule has 1 heterocycles. The number of benzene rings is 2. The van der Waals surface area contributed by atoms with E-state index < -0.39 is 5.92 Å². The molecule has 0 spiro atoms. The molecule has 2 aromatic carbocycles. The molecule has 1 N–H and O–H groups in total. The fraction of sp³-hybridized carbons (Fsp3) is 0.222. The minimum atomic E-state index is -0.438. The maximum absolute atomic E-state index is 12.5. The summed E-state index contributed by atoms with van der Waals surface area (Å²) < 4.78 is 0.975. The van der Waals surface area contributed by atoms with Crippen molar-refractivity contribution in [2.45, 2.75) is 13.3 Å². The largest absolute Gasteiger partial charge is 0.326 e. The van der Waals surface area contributed by atoms with E-state index in [0.29, 0.717) is 21.4 Å². The Labute approximate surface area is 164 Å². The Kier molecular flexibility index (Phi) is 5.37. The van der Waals surface area contributed by atoms with Crippen LogP contribution in [0.25, 0.3) is 0 Å². The summed E-state index contributed by atoms with van der Waals surface area (Å²) in [6.45, 7) is 2.22. The lowest BCUT2D eigenvalue weighted by molar-refractivity contribution is -0.122. The zero-order chi connectivity index (χ0) is 18.1. The number of hydrogen-bond acceptors (Lipinski definition) is 2. The van der Waals surface area contributed by atoms with Gasteiger partial charge in [-0.25, -0.2) is 0 Å². The van der Waals surface area contributed by atoms with Crippen LogP contribution in [0.3, 0.4) is 0 Å². The van der Waals surface area contributed by atoms with Crippen LogP contribution in [-0.4, -0.2) is 18.4 Å². The predicted molar refractivity (Wildman–Crippen MR) is 104 cm³/mol. The molecule has 25 heavy (non-hydrogen) atoms. The van der Waals surface area contributed by atoms with Crippen molar-refractivity contribution in [2.75, 3.05) is 16.8 Å². The quantitative estimate of drug-likeness (QED) is 0.723. The summed E-state index contributed by atoms with van der Waals surface area (Å²) in [5.41, 5.74) is 2.26. The molecule has 0 bridgehead atoms. The van der Waals surface area contributed by atoms with E-state index in [1.165, 1.54) is 4.90 Å². The first-order valence-corrected chi connectivity index (χ1v) is 9.23. The van der Waals surface area contributed by atoms with E-state index in [4.69, 9.17) is 23.2 Å². The van der Waals surface area contributed by atoms with Crippen LogP contribution in [0.5, 0.6) is 0 Å². The highest BCUT2D eigenvalue weighted by Crippen LogP contribution is 2.36. The average Bonchev–Trinajstić information content (AvgIpc) is 2.95. The first-order valence-electron chi connectivity index (χ1n) is 7.68. The molecule has 3 rings (SSSR count). The number of anilines is 2. The van der Waals surface area contributed by atoms with Crippen LogP contribution in [0.2, 0.25) is 10.0 Å². The van der Waals surface area contributed by atoms with Crippen molar-refractivity contribution >= 4 is 62.3 Å². The minimum absolute atomic E-state index is 0.142. The number of carbonyl (C=O) groups excluding carboxylic acids is 2. The van der Waals surface area contributed by atoms with E-state index in [0.717, 1.165) is 10.0 Å². The summed E-state index contributed by atoms with van der Waals surface area (Å²) in [6, 6.07) is 10.7. The van der Waals surface area contributed by atoms with Gasteiger partial charge in [0.1, 0.15) is 0 Å². The molecule has 0 unspecified atom stereocenters. The normalized spacial score (nSPS) is 17.0. The lowest BCUT2D eigenvalue weighted by atomic mass is 10.1. The Hall–Kier alpha value is -1.56. The van der Waals surface area contributed by atoms with E-state index in [1.54, 1.807) is 18.2 Å². The number of nitrogens with one attached hydrogen (secondary N) is 1. The third-order valence-corrected chi connectivity index (χ3v) is 5.84. The van der Waals surface area contributed by atoms with Crippen LogP contribution in [0, 0.1) is 12.8 Å². The van der Waals surface area contributed by atoms with Gasteiger partial charge in [0.25, 0.3) is 0 Å². The van der Waals surface area contributed by atoms with Gasteiger partial charge in [0.15, 0.2) is 0 Å². The Morgan fingerprint density at radius 3 is 2.76 bits per heavy atom. The second kappa shape index (κ2) is 7.36. The summed E-state index contributed by atoms with van der Waals surface area (Å²) in [4.78, 5) is 26.4. The first kappa shape index (κ1) is 18.2. The van der Waals surface area contributed by atoms with E-state index in [2.05, 4.69) is 21.2 Å². The predicted octanol–water partition coefficient (Wildman–Crippen LogP) is 5.06. The van der Waals surface area contributed by atoms with E-state index in [9.17, 15) is 9.59 Å². The van der Waals surface area contributed by atoms with Gasteiger partial charge < -0.3 is 10.2 Å². The molecular formula is C18H15BrCl2N2O2. The molecule has 7 heteroatoms. The number of nitrogens with zero attached hydrogens (tertiary/aromatic N) is 1. The SMILES string of the molecule is Cc1cc(NC(=O)[C@H]2CC(=O)N(c3cccc(Cl)c3Cl)C2)ccc1Br. The zero-order valence-electron chi connectivity index (χ0n) is 13.4. The molecule has 4 nitrogen and oxygen atoms in total. The van der Waals surface area contributed by atoms with Crippen molar-refractivity contribution in [1.82, 2.24) is 0 Å². The number of aryl methyl sites for hydroxylation is 1. The first-order chi connectivity index (χ1) is 11.9. The molecule has 1 saturated heterocycles. The molecule has 2 amide bonds. The Morgan fingerprint density at radius 2 is 2.04 bits per heavy atom. The molecule has 1 fully saturated rings. The lowest BCUT2D eigenvalue weighted by Crippen LogP contribution is -2.28. The van der Waals surface area contributed by atoms with Gasteiger partial charge in [-0.1, -0.05) is 45.2 Å². The third kappa shape index (κ3) is 3.84. The van der Waals surface area contributed by atoms with Gasteiger partial charge in [0, 0.05) is 23.1 Å². The molecule has 1 aliphatic rings. The smallest absolute Gasteiger partial charge is 0.229 e. The summed E-state index contributed by atoms with van der Waals surface area (Å²) >= 11 is 15.6. The van der Waals surface area contributed by atoms with Crippen molar-refractivity contribution < 1.29 is 9.59 Å². The number of carbonyl (C=O) groups is 2. The maximum Gasteiger partial charge on any atom is 0.229 e. The van der Waals surface area contributed by atoms with Crippen molar-refractivity contribution in [3.63, 3.8) is 0 Å². The molecule has 2 aromatic rings. The topological polar surface area (TPSA) is 49.4 Å². The number of amides is 2. The van der Waals surface area contributed by atoms with Crippen LogP contribution >= 0.6 is 39.1 Å². The van der Waals surface area contributed by atoms with E-state index >= 15 is 0 Å². The molecule has 0 aliphatic carbocycles. The highest BCUT2D eigenvalue weighted by atomic mass is 79.9. The van der Waals surface area contributed by atoms with Gasteiger partial charge in [0.2, 0.25) is 11.8 Å². The highest BCUT2D eigenvalue weighted by molar-refractivity contribution is 9.10. The van der Waals surface area contributed by atoms with Crippen molar-refractivity contribution in [3.05, 3.63) is 56.5 Å². The van der Waals surface area contributed by atoms with Crippen molar-refractivity contribution in [2.24, 2.45) is 5.92 Å². The second-order valence-corrected chi connectivity index (χ2v) is 7.57. The Balaban J connectivity index is 1.74. The molecule has 1 aliphatic heterocycles. The number of halogens is 3. The minimum Gasteiger partial charge on any atom is -0.326 e. The second-order valence-electron chi connectivity index (χ2n) is 5.93. The van der Waals surface area contributed by atoms with Crippen LogP contribution in [0.1, 0.15) is 12.0 Å². The summed E-state index contributed by atoms with van der Waals surface area (Å²) in [6.07, 6.45) is 0.143. The van der Waals surface area contributed by atoms with Gasteiger partial charge in [0.05, 0.1) is 21.7 Å². The standard InChI is InChI=1S/C18H15BrCl2N2O2/c1-10-7-12(5-6-13(10)19)22-18(25)11-8-16(24)23(9-11)15-4-2-3-14(20)17(15)21/h2-7,11H,8-9H2,1H3,(H,22,25)/t11-/m0/s1. The molecule has 0 radical (unpaired) electrons. The van der Waals surface area contributed by atoms with E-state index in [-0.39, 0.29) is 24.8 Å². The maximum atomic E-state index is 12.5. The zero-order valence-corrected chi connectivity index (χ0v) is 16.5. The Bertz CT molecular complexity index is 857. The molecule has 130 valence electrons. The van der Waals surface area contributed by atoms with Crippen LogP contribution < -0.4 is 10.2 Å². The molecule has 0 aromatic heterocycles. The third-order valence-electron chi connectivity index (χ3n) is 4.14. The van der Waals surface area contributed by atoms with E-state index in [1.807, 2.05) is 25.1 Å². The monoisotopic (exact) mass is 440 g/mol. The van der Waals surface area contributed by atoms with Gasteiger partial charge >= 0.3 is 0 Å². The van der Waals surface area contributed by atoms with Crippen LogP contribution in [-0.2, 0) is 9.59 Å².